The van der Waals surface area contributed by atoms with Gasteiger partial charge in [-0.25, -0.2) is 0 Å². The quantitative estimate of drug-likeness (QED) is 0.626. The number of benzene rings is 3. The topological polar surface area (TPSA) is 65.4 Å². The normalized spacial score (nSPS) is 15.9. The van der Waals surface area contributed by atoms with Crippen molar-refractivity contribution in [2.75, 3.05) is 51.3 Å². The molecule has 158 valence electrons. The molecular weight excluding hydrogens is 380 g/mol. The highest BCUT2D eigenvalue weighted by atomic mass is 16.5. The van der Waals surface area contributed by atoms with Gasteiger partial charge in [-0.1, -0.05) is 36.4 Å². The number of phenols is 1. The molecule has 6 heteroatoms. The van der Waals surface area contributed by atoms with Gasteiger partial charge in [0.05, 0.1) is 12.8 Å². The van der Waals surface area contributed by atoms with E-state index in [1.54, 1.807) is 19.2 Å². The van der Waals surface area contributed by atoms with Crippen LogP contribution >= 0.6 is 0 Å². The van der Waals surface area contributed by atoms with Gasteiger partial charge in [-0.15, -0.1) is 0 Å². The number of rotatable bonds is 7. The number of piperazine rings is 1. The Hall–Kier alpha value is -2.96. The number of aliphatic hydroxyl groups excluding tert-OH is 1. The Morgan fingerprint density at radius 1 is 0.867 bits per heavy atom. The molecule has 3 aromatic carbocycles. The highest BCUT2D eigenvalue weighted by Gasteiger charge is 2.21. The Morgan fingerprint density at radius 3 is 2.33 bits per heavy atom. The van der Waals surface area contributed by atoms with Crippen LogP contribution in [0, 0.1) is 0 Å². The summed E-state index contributed by atoms with van der Waals surface area (Å²) in [6.07, 6.45) is -0.588. The van der Waals surface area contributed by atoms with Crippen molar-refractivity contribution >= 4 is 16.5 Å². The van der Waals surface area contributed by atoms with Gasteiger partial charge >= 0.3 is 0 Å². The van der Waals surface area contributed by atoms with E-state index >= 15 is 0 Å². The summed E-state index contributed by atoms with van der Waals surface area (Å²) in [5.41, 5.74) is 1.11. The van der Waals surface area contributed by atoms with E-state index in [1.807, 2.05) is 42.5 Å². The fourth-order valence-corrected chi connectivity index (χ4v) is 3.98. The smallest absolute Gasteiger partial charge is 0.142 e. The Morgan fingerprint density at radius 2 is 1.57 bits per heavy atom. The van der Waals surface area contributed by atoms with E-state index in [0.29, 0.717) is 12.3 Å². The first-order valence-electron chi connectivity index (χ1n) is 10.3. The molecule has 4 rings (SSSR count). The molecule has 1 unspecified atom stereocenters. The standard InChI is InChI=1S/C24H28N2O4/c1-29-24-9-5-4-8-21(24)26-14-12-25(13-15-26)16-18(27)17-30-23-11-10-22(28)19-6-2-3-7-20(19)23/h2-11,18,27-28H,12-17H2,1H3. The van der Waals surface area contributed by atoms with Crippen molar-refractivity contribution in [3.63, 3.8) is 0 Å². The number of nitrogens with zero attached hydrogens (tertiary/aromatic N) is 2. The molecule has 1 aliphatic heterocycles. The lowest BCUT2D eigenvalue weighted by atomic mass is 10.1. The molecular formula is C24H28N2O4. The fraction of sp³-hybridized carbons (Fsp3) is 0.333. The number of phenolic OH excluding ortho intramolecular Hbond substituents is 1. The summed E-state index contributed by atoms with van der Waals surface area (Å²) in [5, 5.41) is 22.1. The summed E-state index contributed by atoms with van der Waals surface area (Å²) in [6.45, 7) is 4.29. The van der Waals surface area contributed by atoms with E-state index in [-0.39, 0.29) is 12.4 Å². The average molecular weight is 408 g/mol. The lowest BCUT2D eigenvalue weighted by molar-refractivity contribution is 0.0668. The molecule has 3 aromatic rings. The zero-order valence-corrected chi connectivity index (χ0v) is 17.2. The minimum Gasteiger partial charge on any atom is -0.507 e. The largest absolute Gasteiger partial charge is 0.507 e. The van der Waals surface area contributed by atoms with Crippen LogP contribution in [0.4, 0.5) is 5.69 Å². The lowest BCUT2D eigenvalue weighted by Gasteiger charge is -2.37. The Bertz CT molecular complexity index is 986. The van der Waals surface area contributed by atoms with Gasteiger partial charge in [-0.3, -0.25) is 4.90 Å². The molecule has 0 aromatic heterocycles. The number of ether oxygens (including phenoxy) is 2. The van der Waals surface area contributed by atoms with Crippen LogP contribution < -0.4 is 14.4 Å². The molecule has 2 N–H and O–H groups in total. The number of hydrogen-bond acceptors (Lipinski definition) is 6. The first-order valence-corrected chi connectivity index (χ1v) is 10.3. The van der Waals surface area contributed by atoms with Crippen molar-refractivity contribution in [1.82, 2.24) is 4.90 Å². The second-order valence-corrected chi connectivity index (χ2v) is 7.55. The number of methoxy groups -OCH3 is 1. The van der Waals surface area contributed by atoms with E-state index in [1.165, 1.54) is 0 Å². The van der Waals surface area contributed by atoms with Gasteiger partial charge in [0.2, 0.25) is 0 Å². The first-order chi connectivity index (χ1) is 14.7. The zero-order valence-electron chi connectivity index (χ0n) is 17.2. The predicted molar refractivity (Wildman–Crippen MR) is 119 cm³/mol. The zero-order chi connectivity index (χ0) is 20.9. The van der Waals surface area contributed by atoms with Gasteiger partial charge < -0.3 is 24.6 Å². The summed E-state index contributed by atoms with van der Waals surface area (Å²) in [5.74, 6) is 1.79. The van der Waals surface area contributed by atoms with Gasteiger partial charge in [-0.2, -0.15) is 0 Å². The van der Waals surface area contributed by atoms with Crippen LogP contribution in [0.25, 0.3) is 10.8 Å². The van der Waals surface area contributed by atoms with Gasteiger partial charge in [0, 0.05) is 43.5 Å². The molecule has 6 nitrogen and oxygen atoms in total. The highest BCUT2D eigenvalue weighted by molar-refractivity contribution is 5.92. The highest BCUT2D eigenvalue weighted by Crippen LogP contribution is 2.32. The molecule has 1 fully saturated rings. The van der Waals surface area contributed by atoms with Crippen LogP contribution in [0.1, 0.15) is 0 Å². The molecule has 0 aliphatic carbocycles. The first kappa shape index (κ1) is 20.3. The third-order valence-electron chi connectivity index (χ3n) is 5.56. The average Bonchev–Trinajstić information content (AvgIpc) is 2.79. The van der Waals surface area contributed by atoms with E-state index < -0.39 is 6.10 Å². The van der Waals surface area contributed by atoms with Crippen molar-refractivity contribution in [2.24, 2.45) is 0 Å². The molecule has 0 bridgehead atoms. The van der Waals surface area contributed by atoms with Crippen LogP contribution in [-0.4, -0.2) is 67.7 Å². The SMILES string of the molecule is COc1ccccc1N1CCN(CC(O)COc2ccc(O)c3ccccc23)CC1. The van der Waals surface area contributed by atoms with Crippen molar-refractivity contribution in [3.8, 4) is 17.2 Å². The number of aliphatic hydroxyl groups is 1. The second kappa shape index (κ2) is 9.24. The van der Waals surface area contributed by atoms with E-state index in [0.717, 1.165) is 48.4 Å². The Balaban J connectivity index is 1.30. The van der Waals surface area contributed by atoms with Crippen LogP contribution in [0.3, 0.4) is 0 Å². The Kier molecular flexibility index (Phi) is 6.26. The maximum atomic E-state index is 10.5. The predicted octanol–water partition coefficient (Wildman–Crippen LogP) is 3.12. The van der Waals surface area contributed by atoms with Crippen molar-refractivity contribution in [2.45, 2.75) is 6.10 Å². The number of aromatic hydroxyl groups is 1. The van der Waals surface area contributed by atoms with Gasteiger partial charge in [0.25, 0.3) is 0 Å². The number of β-amino-alcohol motifs (C(OH)–C–C–N with tert-alkyl or cyclic N) is 1. The van der Waals surface area contributed by atoms with E-state index in [9.17, 15) is 10.2 Å². The molecule has 1 saturated heterocycles. The second-order valence-electron chi connectivity index (χ2n) is 7.55. The monoisotopic (exact) mass is 408 g/mol. The summed E-state index contributed by atoms with van der Waals surface area (Å²) >= 11 is 0. The van der Waals surface area contributed by atoms with Crippen LogP contribution in [0.15, 0.2) is 60.7 Å². The summed E-state index contributed by atoms with van der Waals surface area (Å²) < 4.78 is 11.4. The lowest BCUT2D eigenvalue weighted by Crippen LogP contribution is -2.49. The van der Waals surface area contributed by atoms with Gasteiger partial charge in [0.1, 0.15) is 30.0 Å². The van der Waals surface area contributed by atoms with Crippen LogP contribution in [0.5, 0.6) is 17.2 Å². The van der Waals surface area contributed by atoms with Crippen molar-refractivity contribution in [1.29, 1.82) is 0 Å². The third kappa shape index (κ3) is 4.45. The Labute approximate surface area is 176 Å². The van der Waals surface area contributed by atoms with Crippen LogP contribution in [0.2, 0.25) is 0 Å². The number of fused-ring (bicyclic) bond motifs is 1. The summed E-state index contributed by atoms with van der Waals surface area (Å²) in [4.78, 5) is 4.58. The fourth-order valence-electron chi connectivity index (χ4n) is 3.98. The minimum absolute atomic E-state index is 0.210. The van der Waals surface area contributed by atoms with Crippen LogP contribution in [-0.2, 0) is 0 Å². The van der Waals surface area contributed by atoms with E-state index in [2.05, 4.69) is 15.9 Å². The molecule has 0 radical (unpaired) electrons. The summed E-state index contributed by atoms with van der Waals surface area (Å²) in [7, 11) is 1.70. The third-order valence-corrected chi connectivity index (χ3v) is 5.56. The number of para-hydroxylation sites is 2. The summed E-state index contributed by atoms with van der Waals surface area (Å²) in [6, 6.07) is 19.0. The number of hydrogen-bond donors (Lipinski definition) is 2. The molecule has 0 amide bonds. The number of anilines is 1. The maximum Gasteiger partial charge on any atom is 0.142 e. The minimum atomic E-state index is -0.588. The van der Waals surface area contributed by atoms with E-state index in [4.69, 9.17) is 9.47 Å². The van der Waals surface area contributed by atoms with Crippen molar-refractivity contribution in [3.05, 3.63) is 60.7 Å². The van der Waals surface area contributed by atoms with Gasteiger partial charge in [-0.05, 0) is 24.3 Å². The molecule has 30 heavy (non-hydrogen) atoms. The van der Waals surface area contributed by atoms with Gasteiger partial charge in [0.15, 0.2) is 0 Å². The molecule has 1 aliphatic rings. The molecule has 0 spiro atoms. The maximum absolute atomic E-state index is 10.5. The molecule has 1 heterocycles. The molecule has 0 saturated carbocycles. The van der Waals surface area contributed by atoms with Crippen molar-refractivity contribution < 1.29 is 19.7 Å². The molecule has 1 atom stereocenters.